The van der Waals surface area contributed by atoms with Crippen LogP contribution in [0.5, 0.6) is 0 Å². The van der Waals surface area contributed by atoms with Gasteiger partial charge in [-0.25, -0.2) is 4.68 Å². The molecular weight excluding hydrogens is 523 g/mol. The Bertz CT molecular complexity index is 1440. The van der Waals surface area contributed by atoms with E-state index in [9.17, 15) is 22.8 Å². The summed E-state index contributed by atoms with van der Waals surface area (Å²) < 4.78 is 47.1. The van der Waals surface area contributed by atoms with Crippen LogP contribution < -0.4 is 5.32 Å². The number of nitrogens with one attached hydrogen (secondary N) is 1. The Kier molecular flexibility index (Phi) is 8.09. The molecule has 1 aliphatic rings. The normalized spacial score (nSPS) is 17.5. The van der Waals surface area contributed by atoms with Crippen molar-refractivity contribution in [2.45, 2.75) is 50.6 Å². The van der Waals surface area contributed by atoms with Crippen LogP contribution in [0.4, 0.5) is 13.2 Å². The zero-order chi connectivity index (χ0) is 28.1. The number of hydrogen-bond acceptors (Lipinski definition) is 6. The maximum Gasteiger partial charge on any atom is 0.435 e. The lowest BCUT2D eigenvalue weighted by atomic mass is 9.79. The van der Waals surface area contributed by atoms with Gasteiger partial charge in [0.25, 0.3) is 5.91 Å². The minimum Gasteiger partial charge on any atom is -0.352 e. The molecule has 2 aromatic carbocycles. The minimum atomic E-state index is -4.79. The van der Waals surface area contributed by atoms with Crippen LogP contribution in [0.3, 0.4) is 0 Å². The molecular formula is C29H28F3N5O3. The van der Waals surface area contributed by atoms with Crippen molar-refractivity contribution in [3.05, 3.63) is 84.0 Å². The molecule has 0 aliphatic heterocycles. The van der Waals surface area contributed by atoms with Gasteiger partial charge in [-0.15, -0.1) is 0 Å². The van der Waals surface area contributed by atoms with Gasteiger partial charge in [0.1, 0.15) is 5.78 Å². The molecule has 8 nitrogen and oxygen atoms in total. The van der Waals surface area contributed by atoms with E-state index in [0.717, 1.165) is 29.3 Å². The van der Waals surface area contributed by atoms with Gasteiger partial charge in [0.2, 0.25) is 11.7 Å². The molecule has 1 N–H and O–H groups in total. The van der Waals surface area contributed by atoms with Gasteiger partial charge in [-0.1, -0.05) is 53.7 Å². The second-order valence-corrected chi connectivity index (χ2v) is 9.87. The number of halogens is 3. The molecule has 1 aliphatic carbocycles. The molecule has 0 unspecified atom stereocenters. The van der Waals surface area contributed by atoms with Crippen molar-refractivity contribution in [1.29, 1.82) is 0 Å². The highest BCUT2D eigenvalue weighted by Crippen LogP contribution is 2.36. The number of para-hydroxylation sites is 1. The van der Waals surface area contributed by atoms with E-state index < -0.39 is 23.3 Å². The monoisotopic (exact) mass is 551 g/mol. The molecule has 0 saturated heterocycles. The van der Waals surface area contributed by atoms with Crippen LogP contribution in [-0.4, -0.2) is 38.2 Å². The molecule has 5 rings (SSSR count). The van der Waals surface area contributed by atoms with Crippen LogP contribution in [0.15, 0.2) is 71.4 Å². The molecule has 0 atom stereocenters. The maximum absolute atomic E-state index is 13.5. The van der Waals surface area contributed by atoms with E-state index in [1.807, 2.05) is 30.3 Å². The first-order valence-corrected chi connectivity index (χ1v) is 13.2. The average molecular weight is 552 g/mol. The Labute approximate surface area is 228 Å². The van der Waals surface area contributed by atoms with Crippen molar-refractivity contribution >= 4 is 11.7 Å². The number of nitrogens with zero attached hydrogens (tertiary/aromatic N) is 4. The lowest BCUT2D eigenvalue weighted by Gasteiger charge is -2.25. The van der Waals surface area contributed by atoms with Crippen LogP contribution >= 0.6 is 0 Å². The highest BCUT2D eigenvalue weighted by atomic mass is 19.4. The first kappa shape index (κ1) is 27.3. The summed E-state index contributed by atoms with van der Waals surface area (Å²) >= 11 is 0. The Hall–Kier alpha value is -4.28. The van der Waals surface area contributed by atoms with Gasteiger partial charge in [-0.3, -0.25) is 9.59 Å². The standard InChI is InChI=1S/C29H28F3N5O3/c30-29(31,32)25-23(18-37(35-25)22-10-5-2-6-11-22)27(39)33-17-7-12-24(38)19-13-15-21(16-14-19)28-34-26(36-40-28)20-8-3-1-4-9-20/h1-6,8-11,18-19,21H,7,12-17H2,(H,33,39). The lowest BCUT2D eigenvalue weighted by Crippen LogP contribution is -2.27. The SMILES string of the molecule is O=C(NCCCC(=O)C1CCC(c2nc(-c3ccccc3)no2)CC1)c1cn(-c2ccccc2)nc1C(F)(F)F. The topological polar surface area (TPSA) is 103 Å². The van der Waals surface area contributed by atoms with Gasteiger partial charge in [-0.2, -0.15) is 23.3 Å². The molecule has 1 fully saturated rings. The smallest absolute Gasteiger partial charge is 0.352 e. The van der Waals surface area contributed by atoms with Crippen molar-refractivity contribution in [2.24, 2.45) is 5.92 Å². The van der Waals surface area contributed by atoms with E-state index in [4.69, 9.17) is 4.52 Å². The number of hydrogen-bond donors (Lipinski definition) is 1. The van der Waals surface area contributed by atoms with Crippen molar-refractivity contribution < 1.29 is 27.3 Å². The number of amides is 1. The number of Topliss-reactive ketones (excluding diaryl/α,β-unsaturated/α-hetero) is 1. The highest BCUT2D eigenvalue weighted by Gasteiger charge is 2.39. The van der Waals surface area contributed by atoms with E-state index >= 15 is 0 Å². The number of benzene rings is 2. The molecule has 1 amide bonds. The Morgan fingerprint density at radius 2 is 1.65 bits per heavy atom. The second-order valence-electron chi connectivity index (χ2n) is 9.87. The fourth-order valence-corrected chi connectivity index (χ4v) is 4.99. The molecule has 2 heterocycles. The average Bonchev–Trinajstić information content (AvgIpc) is 3.65. The summed E-state index contributed by atoms with van der Waals surface area (Å²) in [4.78, 5) is 29.9. The summed E-state index contributed by atoms with van der Waals surface area (Å²) in [6, 6.07) is 17.8. The number of rotatable bonds is 9. The third-order valence-corrected chi connectivity index (χ3v) is 7.14. The predicted octanol–water partition coefficient (Wildman–Crippen LogP) is 5.99. The Balaban J connectivity index is 1.09. The maximum atomic E-state index is 13.5. The number of carbonyl (C=O) groups excluding carboxylic acids is 2. The van der Waals surface area contributed by atoms with Gasteiger partial charge in [-0.05, 0) is 44.2 Å². The van der Waals surface area contributed by atoms with Gasteiger partial charge < -0.3 is 9.84 Å². The van der Waals surface area contributed by atoms with Crippen molar-refractivity contribution in [2.75, 3.05) is 6.54 Å². The summed E-state index contributed by atoms with van der Waals surface area (Å²) in [5.74, 6) is 0.359. The number of alkyl halides is 3. The summed E-state index contributed by atoms with van der Waals surface area (Å²) in [6.07, 6.45) is -0.217. The van der Waals surface area contributed by atoms with Gasteiger partial charge in [0.05, 0.1) is 11.3 Å². The first-order valence-electron chi connectivity index (χ1n) is 13.2. The largest absolute Gasteiger partial charge is 0.435 e. The van der Waals surface area contributed by atoms with E-state index in [1.165, 1.54) is 0 Å². The molecule has 208 valence electrons. The van der Waals surface area contributed by atoms with Gasteiger partial charge >= 0.3 is 6.18 Å². The van der Waals surface area contributed by atoms with Crippen LogP contribution in [0.2, 0.25) is 0 Å². The number of ketones is 1. The van der Waals surface area contributed by atoms with Crippen molar-refractivity contribution in [3.63, 3.8) is 0 Å². The predicted molar refractivity (Wildman–Crippen MR) is 140 cm³/mol. The minimum absolute atomic E-state index is 0.0813. The molecule has 4 aromatic rings. The molecule has 1 saturated carbocycles. The quantitative estimate of drug-likeness (QED) is 0.256. The van der Waals surface area contributed by atoms with E-state index in [1.54, 1.807) is 30.3 Å². The molecule has 0 spiro atoms. The lowest BCUT2D eigenvalue weighted by molar-refractivity contribution is -0.141. The number of carbonyl (C=O) groups is 2. The number of aromatic nitrogens is 4. The fourth-order valence-electron chi connectivity index (χ4n) is 4.99. The van der Waals surface area contributed by atoms with E-state index in [2.05, 4.69) is 20.6 Å². The second kappa shape index (κ2) is 11.8. The Morgan fingerprint density at radius 3 is 2.33 bits per heavy atom. The van der Waals surface area contributed by atoms with Gasteiger partial charge in [0, 0.05) is 36.6 Å². The van der Waals surface area contributed by atoms with Gasteiger partial charge in [0.15, 0.2) is 5.69 Å². The highest BCUT2D eigenvalue weighted by molar-refractivity contribution is 5.95. The zero-order valence-electron chi connectivity index (χ0n) is 21.6. The molecule has 0 radical (unpaired) electrons. The molecule has 2 aromatic heterocycles. The fraction of sp³-hybridized carbons (Fsp3) is 0.345. The molecule has 40 heavy (non-hydrogen) atoms. The third-order valence-electron chi connectivity index (χ3n) is 7.14. The van der Waals surface area contributed by atoms with Crippen LogP contribution in [0.1, 0.15) is 66.4 Å². The zero-order valence-corrected chi connectivity index (χ0v) is 21.6. The summed E-state index contributed by atoms with van der Waals surface area (Å²) in [7, 11) is 0. The van der Waals surface area contributed by atoms with Crippen molar-refractivity contribution in [1.82, 2.24) is 25.2 Å². The molecule has 0 bridgehead atoms. The summed E-state index contributed by atoms with van der Waals surface area (Å²) in [5, 5.41) is 10.2. The summed E-state index contributed by atoms with van der Waals surface area (Å²) in [6.45, 7) is 0.0813. The van der Waals surface area contributed by atoms with Crippen molar-refractivity contribution in [3.8, 4) is 17.1 Å². The van der Waals surface area contributed by atoms with E-state index in [-0.39, 0.29) is 30.6 Å². The van der Waals surface area contributed by atoms with Crippen LogP contribution in [0.25, 0.3) is 17.1 Å². The third kappa shape index (κ3) is 6.30. The molecule has 11 heteroatoms. The first-order chi connectivity index (χ1) is 19.3. The van der Waals surface area contributed by atoms with Crippen LogP contribution in [-0.2, 0) is 11.0 Å². The Morgan fingerprint density at radius 1 is 0.975 bits per heavy atom. The van der Waals surface area contributed by atoms with Crippen LogP contribution in [0, 0.1) is 5.92 Å². The van der Waals surface area contributed by atoms with E-state index in [0.29, 0.717) is 36.7 Å². The summed E-state index contributed by atoms with van der Waals surface area (Å²) in [5.41, 5.74) is -0.521.